The van der Waals surface area contributed by atoms with Crippen LogP contribution in [-0.2, 0) is 21.2 Å². The molecule has 192 valence electrons. The number of halogens is 1. The van der Waals surface area contributed by atoms with Crippen LogP contribution in [0.3, 0.4) is 0 Å². The molecule has 0 spiro atoms. The summed E-state index contributed by atoms with van der Waals surface area (Å²) in [5.74, 6) is -0.151. The van der Waals surface area contributed by atoms with Gasteiger partial charge in [0.1, 0.15) is 0 Å². The zero-order valence-corrected chi connectivity index (χ0v) is 23.2. The first kappa shape index (κ1) is 25.9. The van der Waals surface area contributed by atoms with Crippen LogP contribution in [0.15, 0.2) is 83.1 Å². The summed E-state index contributed by atoms with van der Waals surface area (Å²) in [6.07, 6.45) is 0.754. The smallest absolute Gasteiger partial charge is 0.243 e. The van der Waals surface area contributed by atoms with Crippen LogP contribution in [0.5, 0.6) is 0 Å². The molecule has 37 heavy (non-hydrogen) atoms. The summed E-state index contributed by atoms with van der Waals surface area (Å²) in [6, 6.07) is 22.1. The van der Waals surface area contributed by atoms with Crippen molar-refractivity contribution in [2.24, 2.45) is 5.92 Å². The van der Waals surface area contributed by atoms with Gasteiger partial charge in [0.05, 0.1) is 17.5 Å². The fraction of sp³-hybridized carbons (Fsp3) is 0.276. The van der Waals surface area contributed by atoms with Crippen LogP contribution in [-0.4, -0.2) is 43.2 Å². The highest BCUT2D eigenvalue weighted by Crippen LogP contribution is 2.38. The average molecular weight is 553 g/mol. The second-order valence-corrected chi connectivity index (χ2v) is 13.2. The molecule has 1 atom stereocenters. The van der Waals surface area contributed by atoms with E-state index in [1.54, 1.807) is 23.5 Å². The molecule has 0 bridgehead atoms. The van der Waals surface area contributed by atoms with Crippen molar-refractivity contribution in [1.82, 2.24) is 9.21 Å². The molecule has 0 saturated carbocycles. The quantitative estimate of drug-likeness (QED) is 0.267. The van der Waals surface area contributed by atoms with Gasteiger partial charge < -0.3 is 4.90 Å². The summed E-state index contributed by atoms with van der Waals surface area (Å²) in [5.41, 5.74) is 2.06. The van der Waals surface area contributed by atoms with E-state index in [1.165, 1.54) is 9.18 Å². The van der Waals surface area contributed by atoms with Crippen molar-refractivity contribution < 1.29 is 13.2 Å². The van der Waals surface area contributed by atoms with Crippen LogP contribution in [0.2, 0.25) is 5.02 Å². The lowest BCUT2D eigenvalue weighted by atomic mass is 9.93. The summed E-state index contributed by atoms with van der Waals surface area (Å²) in [5, 5.41) is 4.51. The predicted octanol–water partition coefficient (Wildman–Crippen LogP) is 6.38. The van der Waals surface area contributed by atoms with Crippen molar-refractivity contribution in [3.8, 4) is 0 Å². The van der Waals surface area contributed by atoms with Crippen LogP contribution in [0, 0.1) is 5.92 Å². The molecule has 1 amide bonds. The fourth-order valence-corrected chi connectivity index (χ4v) is 7.58. The third-order valence-electron chi connectivity index (χ3n) is 6.71. The molecule has 1 aromatic heterocycles. The third-order valence-corrected chi connectivity index (χ3v) is 9.77. The molecule has 0 unspecified atom stereocenters. The third kappa shape index (κ3) is 5.32. The van der Waals surface area contributed by atoms with E-state index < -0.39 is 10.0 Å². The van der Waals surface area contributed by atoms with Crippen molar-refractivity contribution in [2.45, 2.75) is 31.2 Å². The van der Waals surface area contributed by atoms with Gasteiger partial charge in [-0.3, -0.25) is 4.79 Å². The molecule has 0 saturated heterocycles. The number of carbonyl (C=O) groups excluding carboxylic acids is 1. The first-order chi connectivity index (χ1) is 17.7. The van der Waals surface area contributed by atoms with E-state index in [4.69, 9.17) is 11.6 Å². The van der Waals surface area contributed by atoms with E-state index in [9.17, 15) is 13.2 Å². The Kier molecular flexibility index (Phi) is 7.41. The predicted molar refractivity (Wildman–Crippen MR) is 151 cm³/mol. The molecule has 3 aromatic carbocycles. The number of amides is 1. The number of carbonyl (C=O) groups is 1. The normalized spacial score (nSPS) is 15.9. The van der Waals surface area contributed by atoms with Crippen molar-refractivity contribution >= 4 is 49.6 Å². The molecule has 0 radical (unpaired) electrons. The summed E-state index contributed by atoms with van der Waals surface area (Å²) >= 11 is 7.83. The topological polar surface area (TPSA) is 57.7 Å². The summed E-state index contributed by atoms with van der Waals surface area (Å²) in [4.78, 5) is 17.1. The van der Waals surface area contributed by atoms with Crippen LogP contribution in [0.25, 0.3) is 10.8 Å². The van der Waals surface area contributed by atoms with Gasteiger partial charge in [0.15, 0.2) is 0 Å². The Hall–Kier alpha value is -2.71. The number of rotatable bonds is 7. The average Bonchev–Trinajstić information content (AvgIpc) is 3.37. The van der Waals surface area contributed by atoms with Crippen molar-refractivity contribution in [2.75, 3.05) is 19.6 Å². The van der Waals surface area contributed by atoms with Gasteiger partial charge in [0, 0.05) is 23.0 Å². The molecule has 2 heterocycles. The van der Waals surface area contributed by atoms with E-state index in [-0.39, 0.29) is 35.9 Å². The lowest BCUT2D eigenvalue weighted by Crippen LogP contribution is -2.47. The molecule has 1 aliphatic heterocycles. The SMILES string of the molecule is CC(C)CN(CC(=O)N1CCc2sccc2[C@H]1c1ccc(Cl)cc1)S(=O)(=O)c1ccc2ccccc2c1. The second kappa shape index (κ2) is 10.6. The monoisotopic (exact) mass is 552 g/mol. The Morgan fingerprint density at radius 2 is 1.78 bits per heavy atom. The van der Waals surface area contributed by atoms with Gasteiger partial charge in [-0.05, 0) is 69.9 Å². The minimum absolute atomic E-state index is 0.0555. The van der Waals surface area contributed by atoms with E-state index in [0.29, 0.717) is 11.6 Å². The first-order valence-corrected chi connectivity index (χ1v) is 15.0. The van der Waals surface area contributed by atoms with E-state index in [0.717, 1.165) is 28.3 Å². The lowest BCUT2D eigenvalue weighted by Gasteiger charge is -2.37. The Morgan fingerprint density at radius 1 is 1.05 bits per heavy atom. The molecule has 1 aliphatic rings. The van der Waals surface area contributed by atoms with Crippen LogP contribution < -0.4 is 0 Å². The van der Waals surface area contributed by atoms with Gasteiger partial charge in [0.25, 0.3) is 0 Å². The molecular formula is C29H29ClN2O3S2. The molecule has 0 fully saturated rings. The minimum atomic E-state index is -3.89. The number of benzene rings is 3. The number of hydrogen-bond acceptors (Lipinski definition) is 4. The maximum atomic E-state index is 13.9. The zero-order valence-electron chi connectivity index (χ0n) is 20.8. The van der Waals surface area contributed by atoms with Gasteiger partial charge in [-0.15, -0.1) is 11.3 Å². The highest BCUT2D eigenvalue weighted by molar-refractivity contribution is 7.89. The second-order valence-electron chi connectivity index (χ2n) is 9.79. The largest absolute Gasteiger partial charge is 0.330 e. The number of hydrogen-bond donors (Lipinski definition) is 0. The number of fused-ring (bicyclic) bond motifs is 2. The Bertz CT molecular complexity index is 1530. The number of thiophene rings is 1. The minimum Gasteiger partial charge on any atom is -0.330 e. The molecule has 0 N–H and O–H groups in total. The van der Waals surface area contributed by atoms with Crippen LogP contribution >= 0.6 is 22.9 Å². The maximum absolute atomic E-state index is 13.9. The Labute approximate surface area is 227 Å². The van der Waals surface area contributed by atoms with Gasteiger partial charge in [-0.25, -0.2) is 8.42 Å². The lowest BCUT2D eigenvalue weighted by molar-refractivity contribution is -0.133. The van der Waals surface area contributed by atoms with E-state index in [2.05, 4.69) is 11.4 Å². The van der Waals surface area contributed by atoms with Crippen molar-refractivity contribution in [3.05, 3.63) is 99.2 Å². The highest BCUT2D eigenvalue weighted by Gasteiger charge is 2.36. The van der Waals surface area contributed by atoms with Crippen molar-refractivity contribution in [1.29, 1.82) is 0 Å². The van der Waals surface area contributed by atoms with Gasteiger partial charge in [0.2, 0.25) is 15.9 Å². The number of sulfonamides is 1. The van der Waals surface area contributed by atoms with Gasteiger partial charge >= 0.3 is 0 Å². The van der Waals surface area contributed by atoms with Gasteiger partial charge in [-0.1, -0.05) is 67.9 Å². The first-order valence-electron chi connectivity index (χ1n) is 12.3. The van der Waals surface area contributed by atoms with Crippen LogP contribution in [0.1, 0.15) is 35.9 Å². The van der Waals surface area contributed by atoms with E-state index in [1.807, 2.05) is 73.3 Å². The molecular weight excluding hydrogens is 524 g/mol. The molecule has 8 heteroatoms. The van der Waals surface area contributed by atoms with E-state index >= 15 is 0 Å². The molecule has 4 aromatic rings. The van der Waals surface area contributed by atoms with Crippen molar-refractivity contribution in [3.63, 3.8) is 0 Å². The summed E-state index contributed by atoms with van der Waals surface area (Å²) in [6.45, 7) is 4.50. The molecule has 5 nitrogen and oxygen atoms in total. The molecule has 0 aliphatic carbocycles. The number of nitrogens with zero attached hydrogens (tertiary/aromatic N) is 2. The summed E-state index contributed by atoms with van der Waals surface area (Å²) in [7, 11) is -3.89. The Morgan fingerprint density at radius 3 is 2.51 bits per heavy atom. The standard InChI is InChI=1S/C29H29ClN2O3S2/c1-20(2)18-31(37(34,35)25-12-9-21-5-3-4-6-23(21)17-25)19-28(33)32-15-13-27-26(14-16-36-27)29(32)22-7-10-24(30)11-8-22/h3-12,14,16-17,20,29H,13,15,18-19H2,1-2H3/t29-/m1/s1. The fourth-order valence-electron chi connectivity index (χ4n) is 4.96. The Balaban J connectivity index is 1.48. The zero-order chi connectivity index (χ0) is 26.2. The highest BCUT2D eigenvalue weighted by atomic mass is 35.5. The van der Waals surface area contributed by atoms with Crippen LogP contribution in [0.4, 0.5) is 0 Å². The molecule has 5 rings (SSSR count). The maximum Gasteiger partial charge on any atom is 0.243 e. The van der Waals surface area contributed by atoms with Gasteiger partial charge in [-0.2, -0.15) is 4.31 Å². The summed E-state index contributed by atoms with van der Waals surface area (Å²) < 4.78 is 29.0.